The summed E-state index contributed by atoms with van der Waals surface area (Å²) in [5.41, 5.74) is 5.53. The van der Waals surface area contributed by atoms with Crippen LogP contribution in [0, 0.1) is 0 Å². The molecule has 6 nitrogen and oxygen atoms in total. The molecule has 7 heteroatoms. The number of hydrogen-bond acceptors (Lipinski definition) is 5. The van der Waals surface area contributed by atoms with E-state index in [1.165, 1.54) is 0 Å². The second-order valence-corrected chi connectivity index (χ2v) is 5.82. The van der Waals surface area contributed by atoms with Gasteiger partial charge in [0.1, 0.15) is 0 Å². The lowest BCUT2D eigenvalue weighted by Gasteiger charge is -2.20. The van der Waals surface area contributed by atoms with Crippen molar-refractivity contribution in [1.29, 1.82) is 0 Å². The Morgan fingerprint density at radius 3 is 2.57 bits per heavy atom. The molecule has 2 aromatic rings. The van der Waals surface area contributed by atoms with Gasteiger partial charge >= 0.3 is 0 Å². The predicted molar refractivity (Wildman–Crippen MR) is 79.6 cm³/mol. The Morgan fingerprint density at radius 2 is 2.00 bits per heavy atom. The lowest BCUT2D eigenvalue weighted by Crippen LogP contribution is -2.49. The molecule has 21 heavy (non-hydrogen) atoms. The third-order valence-corrected chi connectivity index (χ3v) is 3.11. The van der Waals surface area contributed by atoms with E-state index in [0.717, 1.165) is 5.56 Å². The van der Waals surface area contributed by atoms with Crippen molar-refractivity contribution in [3.63, 3.8) is 0 Å². The molecule has 0 spiro atoms. The molecule has 0 saturated heterocycles. The van der Waals surface area contributed by atoms with E-state index in [9.17, 15) is 4.79 Å². The molecule has 1 heterocycles. The summed E-state index contributed by atoms with van der Waals surface area (Å²) in [7, 11) is 0. The summed E-state index contributed by atoms with van der Waals surface area (Å²) in [6.07, 6.45) is 0. The number of aromatic nitrogens is 2. The molecule has 2 rings (SSSR count). The van der Waals surface area contributed by atoms with Crippen LogP contribution in [0.2, 0.25) is 5.02 Å². The number of halogens is 1. The lowest BCUT2D eigenvalue weighted by molar-refractivity contribution is -0.125. The summed E-state index contributed by atoms with van der Waals surface area (Å²) in [6.45, 7) is 5.02. The minimum Gasteiger partial charge on any atom is -0.345 e. The largest absolute Gasteiger partial charge is 0.345 e. The van der Waals surface area contributed by atoms with Crippen LogP contribution in [0.1, 0.15) is 32.6 Å². The highest BCUT2D eigenvalue weighted by Gasteiger charge is 2.25. The Bertz CT molecular complexity index is 631. The van der Waals surface area contributed by atoms with Crippen LogP contribution in [0.5, 0.6) is 0 Å². The quantitative estimate of drug-likeness (QED) is 0.904. The first kappa shape index (κ1) is 15.5. The Morgan fingerprint density at radius 1 is 1.38 bits per heavy atom. The Labute approximate surface area is 127 Å². The van der Waals surface area contributed by atoms with Crippen molar-refractivity contribution < 1.29 is 9.32 Å². The zero-order valence-corrected chi connectivity index (χ0v) is 12.8. The van der Waals surface area contributed by atoms with Gasteiger partial charge in [0.15, 0.2) is 5.82 Å². The molecular weight excluding hydrogens is 292 g/mol. The standard InChI is InChI=1S/C14H17ClN4O2/c1-8(17-13(20)14(2,3)16)11-18-12(21-19-11)9-4-6-10(15)7-5-9/h4-8H,16H2,1-3H3,(H,17,20). The number of amides is 1. The van der Waals surface area contributed by atoms with E-state index in [1.807, 2.05) is 0 Å². The molecule has 1 amide bonds. The molecule has 1 aromatic heterocycles. The van der Waals surface area contributed by atoms with Crippen molar-refractivity contribution in [1.82, 2.24) is 15.5 Å². The smallest absolute Gasteiger partial charge is 0.257 e. The molecule has 3 N–H and O–H groups in total. The van der Waals surface area contributed by atoms with Gasteiger partial charge in [-0.3, -0.25) is 4.79 Å². The van der Waals surface area contributed by atoms with Crippen LogP contribution >= 0.6 is 11.6 Å². The monoisotopic (exact) mass is 308 g/mol. The van der Waals surface area contributed by atoms with E-state index in [-0.39, 0.29) is 5.91 Å². The van der Waals surface area contributed by atoms with Crippen molar-refractivity contribution in [2.45, 2.75) is 32.4 Å². The van der Waals surface area contributed by atoms with Crippen molar-refractivity contribution in [2.24, 2.45) is 5.73 Å². The van der Waals surface area contributed by atoms with Gasteiger partial charge in [-0.1, -0.05) is 16.8 Å². The van der Waals surface area contributed by atoms with E-state index in [4.69, 9.17) is 21.9 Å². The molecule has 1 aromatic carbocycles. The number of hydrogen-bond donors (Lipinski definition) is 2. The first-order valence-corrected chi connectivity index (χ1v) is 6.84. The number of nitrogens with two attached hydrogens (primary N) is 1. The van der Waals surface area contributed by atoms with Gasteiger partial charge in [-0.2, -0.15) is 4.98 Å². The average molecular weight is 309 g/mol. The molecular formula is C14H17ClN4O2. The number of carbonyl (C=O) groups is 1. The van der Waals surface area contributed by atoms with Crippen LogP contribution in [0.25, 0.3) is 11.5 Å². The predicted octanol–water partition coefficient (Wildman–Crippen LogP) is 2.30. The van der Waals surface area contributed by atoms with Crippen LogP contribution in [0.15, 0.2) is 28.8 Å². The summed E-state index contributed by atoms with van der Waals surface area (Å²) >= 11 is 5.83. The molecule has 0 aliphatic carbocycles. The van der Waals surface area contributed by atoms with Gasteiger partial charge in [-0.15, -0.1) is 0 Å². The SMILES string of the molecule is CC(NC(=O)C(C)(C)N)c1noc(-c2ccc(Cl)cc2)n1. The fraction of sp³-hybridized carbons (Fsp3) is 0.357. The fourth-order valence-corrected chi connectivity index (χ4v) is 1.69. The van der Waals surface area contributed by atoms with Crippen molar-refractivity contribution in [3.05, 3.63) is 35.1 Å². The number of rotatable bonds is 4. The molecule has 0 aliphatic rings. The molecule has 1 atom stereocenters. The number of nitrogens with zero attached hydrogens (tertiary/aromatic N) is 2. The molecule has 0 radical (unpaired) electrons. The minimum atomic E-state index is -0.961. The maximum atomic E-state index is 11.8. The lowest BCUT2D eigenvalue weighted by atomic mass is 10.1. The minimum absolute atomic E-state index is 0.284. The highest BCUT2D eigenvalue weighted by atomic mass is 35.5. The first-order valence-electron chi connectivity index (χ1n) is 6.47. The van der Waals surface area contributed by atoms with Gasteiger partial charge in [0.2, 0.25) is 5.91 Å². The van der Waals surface area contributed by atoms with Gasteiger partial charge < -0.3 is 15.6 Å². The van der Waals surface area contributed by atoms with E-state index < -0.39 is 11.6 Å². The van der Waals surface area contributed by atoms with Crippen molar-refractivity contribution in [2.75, 3.05) is 0 Å². The normalized spacial score (nSPS) is 13.0. The zero-order valence-electron chi connectivity index (χ0n) is 12.1. The zero-order chi connectivity index (χ0) is 15.6. The van der Waals surface area contributed by atoms with Gasteiger partial charge in [0.05, 0.1) is 11.6 Å². The Balaban J connectivity index is 2.12. The second-order valence-electron chi connectivity index (χ2n) is 5.38. The molecule has 0 aliphatic heterocycles. The highest BCUT2D eigenvalue weighted by Crippen LogP contribution is 2.21. The summed E-state index contributed by atoms with van der Waals surface area (Å²) in [5.74, 6) is 0.472. The van der Waals surface area contributed by atoms with Crippen molar-refractivity contribution >= 4 is 17.5 Å². The molecule has 0 bridgehead atoms. The van der Waals surface area contributed by atoms with Gasteiger partial charge in [0, 0.05) is 10.6 Å². The van der Waals surface area contributed by atoms with Crippen LogP contribution in [0.3, 0.4) is 0 Å². The fourth-order valence-electron chi connectivity index (χ4n) is 1.57. The first-order chi connectivity index (χ1) is 9.77. The van der Waals surface area contributed by atoms with Crippen LogP contribution in [0.4, 0.5) is 0 Å². The van der Waals surface area contributed by atoms with Crippen LogP contribution in [-0.4, -0.2) is 21.6 Å². The summed E-state index contributed by atoms with van der Waals surface area (Å²) in [5, 5.41) is 7.24. The van der Waals surface area contributed by atoms with E-state index in [2.05, 4.69) is 15.5 Å². The van der Waals surface area contributed by atoms with Gasteiger partial charge in [-0.05, 0) is 45.0 Å². The van der Waals surface area contributed by atoms with Crippen molar-refractivity contribution in [3.8, 4) is 11.5 Å². The third kappa shape index (κ3) is 3.80. The topological polar surface area (TPSA) is 94.0 Å². The van der Waals surface area contributed by atoms with Crippen LogP contribution in [-0.2, 0) is 4.79 Å². The summed E-state index contributed by atoms with van der Waals surface area (Å²) in [6, 6.07) is 6.65. The third-order valence-electron chi connectivity index (χ3n) is 2.85. The molecule has 0 fully saturated rings. The van der Waals surface area contributed by atoms with E-state index >= 15 is 0 Å². The van der Waals surface area contributed by atoms with Gasteiger partial charge in [-0.25, -0.2) is 0 Å². The summed E-state index contributed by atoms with van der Waals surface area (Å²) < 4.78 is 5.19. The van der Waals surface area contributed by atoms with Gasteiger partial charge in [0.25, 0.3) is 5.89 Å². The Kier molecular flexibility index (Phi) is 4.29. The maximum Gasteiger partial charge on any atom is 0.257 e. The highest BCUT2D eigenvalue weighted by molar-refractivity contribution is 6.30. The number of carbonyl (C=O) groups excluding carboxylic acids is 1. The number of nitrogens with one attached hydrogen (secondary N) is 1. The number of benzene rings is 1. The molecule has 112 valence electrons. The maximum absolute atomic E-state index is 11.8. The molecule has 1 unspecified atom stereocenters. The average Bonchev–Trinajstić information content (AvgIpc) is 2.88. The second kappa shape index (κ2) is 5.83. The molecule has 0 saturated carbocycles. The Hall–Kier alpha value is -1.92. The van der Waals surface area contributed by atoms with Crippen LogP contribution < -0.4 is 11.1 Å². The van der Waals surface area contributed by atoms with E-state index in [1.54, 1.807) is 45.0 Å². The summed E-state index contributed by atoms with van der Waals surface area (Å²) in [4.78, 5) is 16.1. The van der Waals surface area contributed by atoms with E-state index in [0.29, 0.717) is 16.7 Å².